The number of hydrogen-bond donors (Lipinski definition) is 0. The number of hydrogen-bond acceptors (Lipinski definition) is 6. The standard InChI is InChI=1S/C52H30N6OS/c1-3-14-31(15-4-1)49-54-50(32-16-5-2-6-17-32)56-52(55-49)58-42-23-11-8-19-35(42)39-29-28-38-34-18-7-10-22-41(34)57(46(38)47(39)58)43-24-13-21-40-48(43)60-51(53-40)33-26-27-37-36-20-9-12-25-44(36)59-45(37)30-33/h1-30H. The zero-order valence-electron chi connectivity index (χ0n) is 31.8. The van der Waals surface area contributed by atoms with Gasteiger partial charge in [-0.15, -0.1) is 11.3 Å². The van der Waals surface area contributed by atoms with E-state index in [1.54, 1.807) is 11.3 Å². The van der Waals surface area contributed by atoms with E-state index in [2.05, 4.69) is 143 Å². The van der Waals surface area contributed by atoms with Crippen LogP contribution in [0.2, 0.25) is 0 Å². The average molecular weight is 787 g/mol. The summed E-state index contributed by atoms with van der Waals surface area (Å²) in [6.07, 6.45) is 0. The minimum Gasteiger partial charge on any atom is -0.456 e. The molecule has 0 aliphatic heterocycles. The van der Waals surface area contributed by atoms with Crippen molar-refractivity contribution in [2.75, 3.05) is 0 Å². The summed E-state index contributed by atoms with van der Waals surface area (Å²) >= 11 is 1.70. The third-order valence-electron chi connectivity index (χ3n) is 11.6. The summed E-state index contributed by atoms with van der Waals surface area (Å²) in [6, 6.07) is 63.1. The first-order valence-electron chi connectivity index (χ1n) is 19.9. The van der Waals surface area contributed by atoms with Crippen molar-refractivity contribution < 1.29 is 4.42 Å². The smallest absolute Gasteiger partial charge is 0.238 e. The first-order valence-corrected chi connectivity index (χ1v) is 20.7. The number of aromatic nitrogens is 6. The molecule has 8 aromatic carbocycles. The summed E-state index contributed by atoms with van der Waals surface area (Å²) in [5.74, 6) is 1.78. The molecule has 13 rings (SSSR count). The largest absolute Gasteiger partial charge is 0.456 e. The Balaban J connectivity index is 1.11. The fraction of sp³-hybridized carbons (Fsp3) is 0. The molecule has 0 fully saturated rings. The van der Waals surface area contributed by atoms with Crippen molar-refractivity contribution >= 4 is 87.1 Å². The topological polar surface area (TPSA) is 74.6 Å². The Labute approximate surface area is 346 Å². The van der Waals surface area contributed by atoms with Gasteiger partial charge in [0.1, 0.15) is 16.2 Å². The summed E-state index contributed by atoms with van der Waals surface area (Å²) in [5, 5.41) is 7.69. The summed E-state index contributed by atoms with van der Waals surface area (Å²) in [5.41, 5.74) is 10.8. The van der Waals surface area contributed by atoms with Gasteiger partial charge in [0.05, 0.1) is 38.0 Å². The van der Waals surface area contributed by atoms with Crippen LogP contribution in [-0.4, -0.2) is 29.1 Å². The highest BCUT2D eigenvalue weighted by Crippen LogP contribution is 2.44. The molecule has 5 heterocycles. The number of fused-ring (bicyclic) bond motifs is 11. The van der Waals surface area contributed by atoms with Gasteiger partial charge in [0.15, 0.2) is 11.6 Å². The van der Waals surface area contributed by atoms with Gasteiger partial charge in [-0.3, -0.25) is 4.57 Å². The Morgan fingerprint density at radius 2 is 0.967 bits per heavy atom. The lowest BCUT2D eigenvalue weighted by Gasteiger charge is -2.13. The Bertz CT molecular complexity index is 3780. The first kappa shape index (κ1) is 33.1. The van der Waals surface area contributed by atoms with Gasteiger partial charge in [-0.2, -0.15) is 9.97 Å². The van der Waals surface area contributed by atoms with E-state index in [4.69, 9.17) is 24.4 Å². The molecule has 7 nitrogen and oxygen atoms in total. The summed E-state index contributed by atoms with van der Waals surface area (Å²) < 4.78 is 12.1. The van der Waals surface area contributed by atoms with Crippen LogP contribution in [0.4, 0.5) is 0 Å². The molecular weight excluding hydrogens is 757 g/mol. The third kappa shape index (κ3) is 4.88. The number of rotatable bonds is 5. The lowest BCUT2D eigenvalue weighted by atomic mass is 10.1. The molecule has 0 N–H and O–H groups in total. The number of furan rings is 1. The lowest BCUT2D eigenvalue weighted by Crippen LogP contribution is -2.07. The van der Waals surface area contributed by atoms with Crippen molar-refractivity contribution in [2.24, 2.45) is 0 Å². The maximum absolute atomic E-state index is 6.30. The Morgan fingerprint density at radius 3 is 1.67 bits per heavy atom. The van der Waals surface area contributed by atoms with Gasteiger partial charge in [0.25, 0.3) is 0 Å². The molecule has 0 amide bonds. The molecule has 13 aromatic rings. The molecule has 5 aromatic heterocycles. The molecule has 8 heteroatoms. The van der Waals surface area contributed by atoms with Crippen LogP contribution in [0.3, 0.4) is 0 Å². The van der Waals surface area contributed by atoms with Crippen LogP contribution in [0.25, 0.3) is 121 Å². The number of nitrogens with zero attached hydrogens (tertiary/aromatic N) is 6. The van der Waals surface area contributed by atoms with Crippen LogP contribution in [0.1, 0.15) is 0 Å². The second-order valence-corrected chi connectivity index (χ2v) is 16.0. The molecule has 60 heavy (non-hydrogen) atoms. The summed E-state index contributed by atoms with van der Waals surface area (Å²) in [4.78, 5) is 20.8. The maximum Gasteiger partial charge on any atom is 0.238 e. The quantitative estimate of drug-likeness (QED) is 0.174. The fourth-order valence-corrected chi connectivity index (χ4v) is 10.0. The summed E-state index contributed by atoms with van der Waals surface area (Å²) in [6.45, 7) is 0. The average Bonchev–Trinajstić information content (AvgIpc) is 4.09. The Morgan fingerprint density at radius 1 is 0.400 bits per heavy atom. The van der Waals surface area contributed by atoms with E-state index >= 15 is 0 Å². The summed E-state index contributed by atoms with van der Waals surface area (Å²) in [7, 11) is 0. The van der Waals surface area contributed by atoms with E-state index in [1.807, 2.05) is 48.5 Å². The Kier molecular flexibility index (Phi) is 7.05. The van der Waals surface area contributed by atoms with Crippen molar-refractivity contribution in [2.45, 2.75) is 0 Å². The SMILES string of the molecule is c1ccc(-c2nc(-c3ccccc3)nc(-n3c4ccccc4c4ccc5c6ccccc6n(-c6cccc7nc(-c8ccc9c(c8)oc8ccccc89)sc67)c5c43)n2)cc1. The molecule has 0 aliphatic rings. The van der Waals surface area contributed by atoms with E-state index in [9.17, 15) is 0 Å². The third-order valence-corrected chi connectivity index (χ3v) is 12.8. The van der Waals surface area contributed by atoms with E-state index in [0.717, 1.165) is 103 Å². The highest BCUT2D eigenvalue weighted by atomic mass is 32.1. The fourth-order valence-electron chi connectivity index (χ4n) is 8.95. The number of thiazole rings is 1. The number of para-hydroxylation sites is 3. The van der Waals surface area contributed by atoms with Crippen LogP contribution in [-0.2, 0) is 0 Å². The molecule has 0 saturated heterocycles. The lowest BCUT2D eigenvalue weighted by molar-refractivity contribution is 0.669. The molecule has 0 bridgehead atoms. The van der Waals surface area contributed by atoms with Crippen LogP contribution in [0.15, 0.2) is 186 Å². The Hall–Kier alpha value is -7.94. The normalized spacial score (nSPS) is 12.0. The van der Waals surface area contributed by atoms with Crippen molar-refractivity contribution in [3.8, 4) is 45.0 Å². The predicted octanol–water partition coefficient (Wildman–Crippen LogP) is 13.6. The minimum atomic E-state index is 0.553. The van der Waals surface area contributed by atoms with E-state index in [-0.39, 0.29) is 0 Å². The maximum atomic E-state index is 6.30. The minimum absolute atomic E-state index is 0.553. The van der Waals surface area contributed by atoms with Crippen LogP contribution < -0.4 is 0 Å². The second kappa shape index (κ2) is 12.8. The van der Waals surface area contributed by atoms with E-state index in [1.165, 1.54) is 0 Å². The molecule has 0 radical (unpaired) electrons. The molecule has 0 aliphatic carbocycles. The molecule has 0 unspecified atom stereocenters. The van der Waals surface area contributed by atoms with Gasteiger partial charge in [-0.05, 0) is 42.5 Å². The van der Waals surface area contributed by atoms with Gasteiger partial charge in [-0.25, -0.2) is 9.97 Å². The van der Waals surface area contributed by atoms with Gasteiger partial charge in [0, 0.05) is 49.0 Å². The van der Waals surface area contributed by atoms with Gasteiger partial charge < -0.3 is 8.98 Å². The predicted molar refractivity (Wildman–Crippen MR) is 245 cm³/mol. The molecule has 0 spiro atoms. The van der Waals surface area contributed by atoms with Crippen LogP contribution >= 0.6 is 11.3 Å². The van der Waals surface area contributed by atoms with Crippen molar-refractivity contribution in [3.05, 3.63) is 182 Å². The molecular formula is C52H30N6OS. The van der Waals surface area contributed by atoms with Crippen molar-refractivity contribution in [1.29, 1.82) is 0 Å². The second-order valence-electron chi connectivity index (χ2n) is 15.0. The van der Waals surface area contributed by atoms with Gasteiger partial charge in [-0.1, -0.05) is 140 Å². The monoisotopic (exact) mass is 786 g/mol. The first-order chi connectivity index (χ1) is 29.7. The zero-order chi connectivity index (χ0) is 39.3. The van der Waals surface area contributed by atoms with Gasteiger partial charge in [0.2, 0.25) is 5.95 Å². The molecule has 0 saturated carbocycles. The van der Waals surface area contributed by atoms with Gasteiger partial charge >= 0.3 is 0 Å². The van der Waals surface area contributed by atoms with Crippen molar-refractivity contribution in [1.82, 2.24) is 29.1 Å². The van der Waals surface area contributed by atoms with Crippen LogP contribution in [0, 0.1) is 0 Å². The zero-order valence-corrected chi connectivity index (χ0v) is 32.6. The highest BCUT2D eigenvalue weighted by Gasteiger charge is 2.25. The van der Waals surface area contributed by atoms with Crippen LogP contribution in [0.5, 0.6) is 0 Å². The molecule has 0 atom stereocenters. The number of benzene rings is 8. The highest BCUT2D eigenvalue weighted by molar-refractivity contribution is 7.22. The molecule has 280 valence electrons. The van der Waals surface area contributed by atoms with E-state index in [0.29, 0.717) is 17.6 Å². The van der Waals surface area contributed by atoms with Crippen molar-refractivity contribution in [3.63, 3.8) is 0 Å². The van der Waals surface area contributed by atoms with E-state index < -0.39 is 0 Å².